The summed E-state index contributed by atoms with van der Waals surface area (Å²) in [5, 5.41) is 1.26. The summed E-state index contributed by atoms with van der Waals surface area (Å²) in [4.78, 5) is 7.11. The van der Waals surface area contributed by atoms with Crippen molar-refractivity contribution < 1.29 is 4.74 Å². The number of para-hydroxylation sites is 1. The molecule has 0 aliphatic carbocycles. The number of ether oxygens (including phenoxy) is 1. The molecule has 1 fully saturated rings. The maximum atomic E-state index is 5.67. The van der Waals surface area contributed by atoms with Gasteiger partial charge in [-0.1, -0.05) is 25.1 Å². The molecule has 2 atom stereocenters. The molecular formula is C18H24N2O. The Hall–Kier alpha value is -1.61. The fourth-order valence-electron chi connectivity index (χ4n) is 3.42. The van der Waals surface area contributed by atoms with Crippen LogP contribution in [-0.4, -0.2) is 31.3 Å². The van der Waals surface area contributed by atoms with E-state index in [1.54, 1.807) is 0 Å². The number of aryl methyl sites for hydroxylation is 2. The van der Waals surface area contributed by atoms with Gasteiger partial charge in [-0.2, -0.15) is 0 Å². The van der Waals surface area contributed by atoms with Gasteiger partial charge in [0.2, 0.25) is 0 Å². The molecule has 3 heteroatoms. The number of benzene rings is 1. The Labute approximate surface area is 126 Å². The van der Waals surface area contributed by atoms with Crippen molar-refractivity contribution >= 4 is 16.6 Å². The van der Waals surface area contributed by atoms with E-state index in [1.165, 1.54) is 28.6 Å². The van der Waals surface area contributed by atoms with Gasteiger partial charge in [0.1, 0.15) is 0 Å². The van der Waals surface area contributed by atoms with Crippen LogP contribution < -0.4 is 4.90 Å². The highest BCUT2D eigenvalue weighted by atomic mass is 16.5. The molecule has 2 unspecified atom stereocenters. The molecule has 0 spiro atoms. The molecule has 1 aliphatic heterocycles. The van der Waals surface area contributed by atoms with E-state index in [9.17, 15) is 0 Å². The first-order valence-electron chi connectivity index (χ1n) is 7.74. The van der Waals surface area contributed by atoms with Gasteiger partial charge in [-0.25, -0.2) is 0 Å². The van der Waals surface area contributed by atoms with Crippen LogP contribution >= 0.6 is 0 Å². The van der Waals surface area contributed by atoms with Crippen LogP contribution in [0.5, 0.6) is 0 Å². The molecule has 3 nitrogen and oxygen atoms in total. The maximum Gasteiger partial charge on any atom is 0.0772 e. The number of rotatable bonds is 2. The van der Waals surface area contributed by atoms with Crippen molar-refractivity contribution in [1.29, 1.82) is 0 Å². The van der Waals surface area contributed by atoms with Crippen LogP contribution in [0, 0.1) is 19.8 Å². The summed E-state index contributed by atoms with van der Waals surface area (Å²) in [5.74, 6) is 0.626. The van der Waals surface area contributed by atoms with Gasteiger partial charge in [0, 0.05) is 31.8 Å². The lowest BCUT2D eigenvalue weighted by atomic mass is 9.94. The van der Waals surface area contributed by atoms with Crippen LogP contribution in [0.1, 0.15) is 24.5 Å². The molecule has 1 aromatic carbocycles. The molecule has 0 amide bonds. The first kappa shape index (κ1) is 14.3. The number of aromatic nitrogens is 1. The predicted octanol–water partition coefficient (Wildman–Crippen LogP) is 3.71. The van der Waals surface area contributed by atoms with E-state index in [-0.39, 0.29) is 0 Å². The minimum absolute atomic E-state index is 0.311. The summed E-state index contributed by atoms with van der Waals surface area (Å²) in [6, 6.07) is 6.45. The smallest absolute Gasteiger partial charge is 0.0772 e. The third-order valence-electron chi connectivity index (χ3n) is 4.76. The van der Waals surface area contributed by atoms with Crippen molar-refractivity contribution in [3.63, 3.8) is 0 Å². The number of fused-ring (bicyclic) bond motifs is 1. The Balaban J connectivity index is 2.07. The van der Waals surface area contributed by atoms with Crippen molar-refractivity contribution in [2.45, 2.75) is 33.3 Å². The molecule has 0 radical (unpaired) electrons. The lowest BCUT2D eigenvalue weighted by Gasteiger charge is -2.38. The number of methoxy groups -OCH3 is 1. The lowest BCUT2D eigenvalue weighted by molar-refractivity contribution is 0.0499. The van der Waals surface area contributed by atoms with Crippen LogP contribution in [0.4, 0.5) is 5.69 Å². The monoisotopic (exact) mass is 284 g/mol. The van der Waals surface area contributed by atoms with Crippen molar-refractivity contribution in [2.75, 3.05) is 25.1 Å². The quantitative estimate of drug-likeness (QED) is 0.840. The van der Waals surface area contributed by atoms with Gasteiger partial charge in [0.05, 0.1) is 17.3 Å². The van der Waals surface area contributed by atoms with Crippen LogP contribution in [0.3, 0.4) is 0 Å². The second-order valence-electron chi connectivity index (χ2n) is 6.25. The van der Waals surface area contributed by atoms with Crippen molar-refractivity contribution in [1.82, 2.24) is 4.98 Å². The van der Waals surface area contributed by atoms with E-state index in [1.807, 2.05) is 13.3 Å². The number of pyridine rings is 1. The first-order chi connectivity index (χ1) is 10.1. The minimum atomic E-state index is 0.311. The topological polar surface area (TPSA) is 25.4 Å². The van der Waals surface area contributed by atoms with E-state index >= 15 is 0 Å². The summed E-state index contributed by atoms with van der Waals surface area (Å²) in [6.07, 6.45) is 3.49. The highest BCUT2D eigenvalue weighted by molar-refractivity contribution is 5.95. The van der Waals surface area contributed by atoms with Crippen LogP contribution in [0.25, 0.3) is 10.9 Å². The van der Waals surface area contributed by atoms with E-state index in [4.69, 9.17) is 4.74 Å². The molecule has 3 rings (SSSR count). The Morgan fingerprint density at radius 1 is 1.24 bits per heavy atom. The number of piperidine rings is 1. The number of hydrogen-bond acceptors (Lipinski definition) is 3. The summed E-state index contributed by atoms with van der Waals surface area (Å²) >= 11 is 0. The van der Waals surface area contributed by atoms with E-state index in [0.717, 1.165) is 18.6 Å². The fraction of sp³-hybridized carbons (Fsp3) is 0.500. The zero-order chi connectivity index (χ0) is 15.0. The Kier molecular flexibility index (Phi) is 3.85. The normalized spacial score (nSPS) is 22.8. The highest BCUT2D eigenvalue weighted by Gasteiger charge is 2.27. The molecule has 0 saturated carbocycles. The van der Waals surface area contributed by atoms with Crippen molar-refractivity contribution in [2.24, 2.45) is 5.92 Å². The molecule has 21 heavy (non-hydrogen) atoms. The summed E-state index contributed by atoms with van der Waals surface area (Å²) in [6.45, 7) is 8.63. The Morgan fingerprint density at radius 2 is 2.05 bits per heavy atom. The van der Waals surface area contributed by atoms with Gasteiger partial charge in [-0.3, -0.25) is 4.98 Å². The fourth-order valence-corrected chi connectivity index (χ4v) is 3.42. The number of anilines is 1. The average Bonchev–Trinajstić information content (AvgIpc) is 2.48. The molecule has 1 saturated heterocycles. The van der Waals surface area contributed by atoms with Gasteiger partial charge < -0.3 is 9.64 Å². The largest absolute Gasteiger partial charge is 0.379 e. The molecule has 0 N–H and O–H groups in total. The van der Waals surface area contributed by atoms with Gasteiger partial charge in [-0.15, -0.1) is 0 Å². The van der Waals surface area contributed by atoms with E-state index < -0.39 is 0 Å². The van der Waals surface area contributed by atoms with Gasteiger partial charge in [0.15, 0.2) is 0 Å². The third kappa shape index (κ3) is 2.51. The van der Waals surface area contributed by atoms with Crippen LogP contribution in [0.15, 0.2) is 24.4 Å². The Morgan fingerprint density at radius 3 is 2.81 bits per heavy atom. The van der Waals surface area contributed by atoms with Crippen LogP contribution in [0.2, 0.25) is 0 Å². The molecule has 1 aromatic heterocycles. The second-order valence-corrected chi connectivity index (χ2v) is 6.25. The van der Waals surface area contributed by atoms with Gasteiger partial charge in [-0.05, 0) is 37.3 Å². The van der Waals surface area contributed by atoms with Gasteiger partial charge in [0.25, 0.3) is 0 Å². The molecule has 112 valence electrons. The minimum Gasteiger partial charge on any atom is -0.379 e. The van der Waals surface area contributed by atoms with Crippen molar-refractivity contribution in [3.8, 4) is 0 Å². The zero-order valence-electron chi connectivity index (χ0n) is 13.4. The summed E-state index contributed by atoms with van der Waals surface area (Å²) < 4.78 is 5.67. The van der Waals surface area contributed by atoms with Crippen LogP contribution in [-0.2, 0) is 4.74 Å². The van der Waals surface area contributed by atoms with Crippen molar-refractivity contribution in [3.05, 3.63) is 35.5 Å². The molecule has 1 aliphatic rings. The zero-order valence-corrected chi connectivity index (χ0v) is 13.4. The Bertz CT molecular complexity index is 653. The molecular weight excluding hydrogens is 260 g/mol. The average molecular weight is 284 g/mol. The summed E-state index contributed by atoms with van der Waals surface area (Å²) in [5.41, 5.74) is 4.93. The molecule has 2 aromatic rings. The molecule has 0 bridgehead atoms. The maximum absolute atomic E-state index is 5.67. The summed E-state index contributed by atoms with van der Waals surface area (Å²) in [7, 11) is 1.83. The first-order valence-corrected chi connectivity index (χ1v) is 7.74. The lowest BCUT2D eigenvalue weighted by Crippen LogP contribution is -2.44. The molecule has 2 heterocycles. The third-order valence-corrected chi connectivity index (χ3v) is 4.76. The van der Waals surface area contributed by atoms with Gasteiger partial charge >= 0.3 is 0 Å². The number of nitrogens with zero attached hydrogens (tertiary/aromatic N) is 2. The van der Waals surface area contributed by atoms with E-state index in [2.05, 4.69) is 48.9 Å². The van der Waals surface area contributed by atoms with E-state index in [0.29, 0.717) is 12.0 Å². The second kappa shape index (κ2) is 5.64. The highest BCUT2D eigenvalue weighted by Crippen LogP contribution is 2.33. The number of hydrogen-bond donors (Lipinski definition) is 0. The predicted molar refractivity (Wildman–Crippen MR) is 88.0 cm³/mol. The standard InChI is InChI=1S/C18H24N2O/c1-12-8-9-20(11-16(12)21-4)18-14(3)10-19-17-13(2)6-5-7-15(17)18/h5-7,10,12,16H,8-9,11H2,1-4H3. The SMILES string of the molecule is COC1CN(c2c(C)cnc3c(C)cccc23)CCC1C.